The Morgan fingerprint density at radius 2 is 2.08 bits per heavy atom. The van der Waals surface area contributed by atoms with Gasteiger partial charge in [-0.15, -0.1) is 0 Å². The fraction of sp³-hybridized carbons (Fsp3) is 1.00. The number of hydrogen-bond donors (Lipinski definition) is 1. The number of ether oxygens (including phenoxy) is 1. The highest BCUT2D eigenvalue weighted by Gasteiger charge is 2.35. The van der Waals surface area contributed by atoms with E-state index in [-0.39, 0.29) is 10.0 Å². The van der Waals surface area contributed by atoms with E-state index in [4.69, 9.17) is 4.74 Å². The highest BCUT2D eigenvalue weighted by molar-refractivity contribution is 14.1. The zero-order valence-electron chi connectivity index (χ0n) is 7.70. The summed E-state index contributed by atoms with van der Waals surface area (Å²) < 4.78 is 5.48. The van der Waals surface area contributed by atoms with E-state index < -0.39 is 6.29 Å². The van der Waals surface area contributed by atoms with Gasteiger partial charge in [-0.2, -0.15) is 0 Å². The first kappa shape index (κ1) is 10.7. The van der Waals surface area contributed by atoms with Gasteiger partial charge in [-0.1, -0.05) is 22.6 Å². The number of aliphatic hydroxyl groups excluding tert-OH is 1. The maximum absolute atomic E-state index is 9.51. The van der Waals surface area contributed by atoms with E-state index in [9.17, 15) is 5.11 Å². The second-order valence-corrected chi connectivity index (χ2v) is 4.99. The van der Waals surface area contributed by atoms with E-state index in [0.29, 0.717) is 6.04 Å². The molecule has 4 atom stereocenters. The van der Waals surface area contributed by atoms with Crippen LogP contribution in [0.15, 0.2) is 0 Å². The lowest BCUT2D eigenvalue weighted by atomic mass is 10.0. The summed E-state index contributed by atoms with van der Waals surface area (Å²) in [6, 6.07) is 0.421. The van der Waals surface area contributed by atoms with Gasteiger partial charge in [0.1, 0.15) is 0 Å². The van der Waals surface area contributed by atoms with E-state index in [1.54, 1.807) is 0 Å². The molecular formula is C8H16INO2. The molecule has 0 aromatic rings. The van der Waals surface area contributed by atoms with Gasteiger partial charge in [0, 0.05) is 6.04 Å². The first-order valence-electron chi connectivity index (χ1n) is 4.16. The van der Waals surface area contributed by atoms with Crippen LogP contribution in [-0.4, -0.2) is 46.5 Å². The minimum atomic E-state index is -0.609. The summed E-state index contributed by atoms with van der Waals surface area (Å²) in [7, 11) is 4.09. The van der Waals surface area contributed by atoms with Gasteiger partial charge in [0.15, 0.2) is 6.29 Å². The minimum absolute atomic E-state index is 0.165. The SMILES string of the molecule is C[C@@H]1C[C@H](N(C)C)[C@@H](I)[C@H](O)O1. The van der Waals surface area contributed by atoms with Crippen LogP contribution < -0.4 is 0 Å². The van der Waals surface area contributed by atoms with Crippen LogP contribution in [0.25, 0.3) is 0 Å². The zero-order valence-corrected chi connectivity index (χ0v) is 9.85. The Labute approximate surface area is 87.2 Å². The highest BCUT2D eigenvalue weighted by Crippen LogP contribution is 2.27. The van der Waals surface area contributed by atoms with Gasteiger partial charge in [0.2, 0.25) is 0 Å². The molecule has 0 unspecified atom stereocenters. The van der Waals surface area contributed by atoms with Crippen LogP contribution in [0.2, 0.25) is 0 Å². The summed E-state index contributed by atoms with van der Waals surface area (Å²) in [5.74, 6) is 0. The number of halogens is 1. The van der Waals surface area contributed by atoms with E-state index in [0.717, 1.165) is 6.42 Å². The smallest absolute Gasteiger partial charge is 0.168 e. The van der Waals surface area contributed by atoms with Crippen molar-refractivity contribution >= 4 is 22.6 Å². The normalized spacial score (nSPS) is 43.5. The van der Waals surface area contributed by atoms with Crippen molar-refractivity contribution in [2.45, 2.75) is 35.7 Å². The molecule has 0 aromatic heterocycles. The first-order valence-corrected chi connectivity index (χ1v) is 5.41. The molecule has 1 rings (SSSR count). The van der Waals surface area contributed by atoms with Crippen molar-refractivity contribution in [2.24, 2.45) is 0 Å². The second kappa shape index (κ2) is 4.21. The maximum atomic E-state index is 9.51. The molecule has 0 radical (unpaired) electrons. The zero-order chi connectivity index (χ0) is 9.30. The Balaban J connectivity index is 2.60. The Hall–Kier alpha value is 0.610. The lowest BCUT2D eigenvalue weighted by Crippen LogP contribution is -2.50. The minimum Gasteiger partial charge on any atom is -0.367 e. The third-order valence-corrected chi connectivity index (χ3v) is 3.69. The van der Waals surface area contributed by atoms with Crippen LogP contribution >= 0.6 is 22.6 Å². The van der Waals surface area contributed by atoms with Crippen LogP contribution in [0.1, 0.15) is 13.3 Å². The molecule has 0 aliphatic carbocycles. The van der Waals surface area contributed by atoms with Crippen LogP contribution in [-0.2, 0) is 4.74 Å². The lowest BCUT2D eigenvalue weighted by molar-refractivity contribution is -0.164. The molecule has 0 aromatic carbocycles. The molecule has 12 heavy (non-hydrogen) atoms. The summed E-state index contributed by atoms with van der Waals surface area (Å²) in [6.45, 7) is 2.00. The van der Waals surface area contributed by atoms with E-state index in [1.807, 2.05) is 21.0 Å². The topological polar surface area (TPSA) is 32.7 Å². The van der Waals surface area contributed by atoms with Gasteiger partial charge >= 0.3 is 0 Å². The summed E-state index contributed by atoms with van der Waals surface area (Å²) in [5, 5.41) is 9.51. The molecular weight excluding hydrogens is 269 g/mol. The molecule has 1 saturated heterocycles. The standard InChI is InChI=1S/C8H16INO2/c1-5-4-6(10(2)3)7(9)8(11)12-5/h5-8,11H,4H2,1-3H3/t5-,6+,7-,8-/m1/s1. The summed E-state index contributed by atoms with van der Waals surface area (Å²) in [5.41, 5.74) is 0. The number of aliphatic hydroxyl groups is 1. The molecule has 1 fully saturated rings. The molecule has 1 N–H and O–H groups in total. The predicted octanol–water partition coefficient (Wildman–Crippen LogP) is 0.847. The average Bonchev–Trinajstić information content (AvgIpc) is 1.96. The van der Waals surface area contributed by atoms with Crippen LogP contribution in [0.3, 0.4) is 0 Å². The Kier molecular flexibility index (Phi) is 3.75. The van der Waals surface area contributed by atoms with Crippen LogP contribution in [0.4, 0.5) is 0 Å². The molecule has 1 heterocycles. The molecule has 72 valence electrons. The molecule has 1 aliphatic rings. The Morgan fingerprint density at radius 1 is 1.50 bits per heavy atom. The molecule has 4 heteroatoms. The first-order chi connectivity index (χ1) is 5.52. The fourth-order valence-corrected chi connectivity index (χ4v) is 2.63. The molecule has 3 nitrogen and oxygen atoms in total. The largest absolute Gasteiger partial charge is 0.367 e. The monoisotopic (exact) mass is 285 g/mol. The van der Waals surface area contributed by atoms with Crippen LogP contribution in [0, 0.1) is 0 Å². The third-order valence-electron chi connectivity index (χ3n) is 2.25. The Bertz CT molecular complexity index is 154. The highest BCUT2D eigenvalue weighted by atomic mass is 127. The maximum Gasteiger partial charge on any atom is 0.168 e. The average molecular weight is 285 g/mol. The quantitative estimate of drug-likeness (QED) is 0.572. The van der Waals surface area contributed by atoms with Crippen molar-refractivity contribution in [2.75, 3.05) is 14.1 Å². The summed E-state index contributed by atoms with van der Waals surface area (Å²) in [6.07, 6.45) is 0.553. The lowest BCUT2D eigenvalue weighted by Gasteiger charge is -2.39. The van der Waals surface area contributed by atoms with Crippen molar-refractivity contribution in [3.63, 3.8) is 0 Å². The third kappa shape index (κ3) is 2.31. The van der Waals surface area contributed by atoms with Gasteiger partial charge in [0.25, 0.3) is 0 Å². The molecule has 0 saturated carbocycles. The molecule has 0 amide bonds. The van der Waals surface area contributed by atoms with Crippen molar-refractivity contribution in [3.8, 4) is 0 Å². The number of hydrogen-bond acceptors (Lipinski definition) is 3. The second-order valence-electron chi connectivity index (χ2n) is 3.55. The van der Waals surface area contributed by atoms with Crippen molar-refractivity contribution in [1.82, 2.24) is 4.90 Å². The van der Waals surface area contributed by atoms with Gasteiger partial charge in [-0.25, -0.2) is 0 Å². The fourth-order valence-electron chi connectivity index (χ4n) is 1.52. The summed E-state index contributed by atoms with van der Waals surface area (Å²) >= 11 is 2.25. The number of alkyl halides is 1. The van der Waals surface area contributed by atoms with Gasteiger partial charge in [-0.05, 0) is 27.4 Å². The molecule has 0 spiro atoms. The van der Waals surface area contributed by atoms with Gasteiger partial charge in [-0.3, -0.25) is 0 Å². The summed E-state index contributed by atoms with van der Waals surface area (Å²) in [4.78, 5) is 2.15. The number of nitrogens with zero attached hydrogens (tertiary/aromatic N) is 1. The van der Waals surface area contributed by atoms with E-state index in [1.165, 1.54) is 0 Å². The van der Waals surface area contributed by atoms with E-state index >= 15 is 0 Å². The van der Waals surface area contributed by atoms with Crippen LogP contribution in [0.5, 0.6) is 0 Å². The van der Waals surface area contributed by atoms with Crippen molar-refractivity contribution in [3.05, 3.63) is 0 Å². The molecule has 0 bridgehead atoms. The predicted molar refractivity (Wildman–Crippen MR) is 56.5 cm³/mol. The van der Waals surface area contributed by atoms with Crippen molar-refractivity contribution < 1.29 is 9.84 Å². The Morgan fingerprint density at radius 3 is 2.58 bits per heavy atom. The number of rotatable bonds is 1. The van der Waals surface area contributed by atoms with E-state index in [2.05, 4.69) is 27.5 Å². The van der Waals surface area contributed by atoms with Gasteiger partial charge in [0.05, 0.1) is 10.0 Å². The van der Waals surface area contributed by atoms with Gasteiger partial charge < -0.3 is 14.7 Å². The van der Waals surface area contributed by atoms with Crippen molar-refractivity contribution in [1.29, 1.82) is 0 Å². The molecule has 1 aliphatic heterocycles.